The SMILES string of the molecule is CN(CC(=O)O)C(=O)c1ccccc1NC1CCCCC1. The number of nitrogens with zero attached hydrogens (tertiary/aromatic N) is 1. The Morgan fingerprint density at radius 1 is 1.24 bits per heavy atom. The van der Waals surface area contributed by atoms with Crippen molar-refractivity contribution in [1.29, 1.82) is 0 Å². The molecule has 1 aromatic rings. The number of amides is 1. The Bertz CT molecular complexity index is 510. The number of carbonyl (C=O) groups excluding carboxylic acids is 1. The van der Waals surface area contributed by atoms with E-state index in [-0.39, 0.29) is 12.5 Å². The summed E-state index contributed by atoms with van der Waals surface area (Å²) >= 11 is 0. The number of rotatable bonds is 5. The molecule has 1 aliphatic carbocycles. The molecule has 2 N–H and O–H groups in total. The Kier molecular flexibility index (Phi) is 5.20. The first-order valence-electron chi connectivity index (χ1n) is 7.40. The summed E-state index contributed by atoms with van der Waals surface area (Å²) in [6, 6.07) is 7.72. The van der Waals surface area contributed by atoms with Gasteiger partial charge in [0.25, 0.3) is 5.91 Å². The van der Waals surface area contributed by atoms with Crippen molar-refractivity contribution in [3.63, 3.8) is 0 Å². The molecule has 0 heterocycles. The molecule has 1 saturated carbocycles. The molecular formula is C16H22N2O3. The van der Waals surface area contributed by atoms with Gasteiger partial charge in [0.15, 0.2) is 0 Å². The molecule has 1 amide bonds. The van der Waals surface area contributed by atoms with Crippen molar-refractivity contribution in [3.8, 4) is 0 Å². The van der Waals surface area contributed by atoms with Gasteiger partial charge >= 0.3 is 5.97 Å². The van der Waals surface area contributed by atoms with E-state index in [9.17, 15) is 9.59 Å². The molecule has 0 spiro atoms. The van der Waals surface area contributed by atoms with Crippen molar-refractivity contribution in [3.05, 3.63) is 29.8 Å². The van der Waals surface area contributed by atoms with Gasteiger partial charge in [-0.25, -0.2) is 0 Å². The third-order valence-corrected chi connectivity index (χ3v) is 3.84. The maximum atomic E-state index is 12.4. The largest absolute Gasteiger partial charge is 0.480 e. The summed E-state index contributed by atoms with van der Waals surface area (Å²) in [6.07, 6.45) is 5.94. The molecule has 0 saturated heterocycles. The minimum Gasteiger partial charge on any atom is -0.480 e. The van der Waals surface area contributed by atoms with E-state index in [2.05, 4.69) is 5.32 Å². The summed E-state index contributed by atoms with van der Waals surface area (Å²) in [7, 11) is 1.51. The Morgan fingerprint density at radius 3 is 2.57 bits per heavy atom. The van der Waals surface area contributed by atoms with Crippen molar-refractivity contribution in [2.75, 3.05) is 18.9 Å². The molecule has 1 aromatic carbocycles. The van der Waals surface area contributed by atoms with Gasteiger partial charge in [-0.15, -0.1) is 0 Å². The van der Waals surface area contributed by atoms with E-state index >= 15 is 0 Å². The fourth-order valence-corrected chi connectivity index (χ4v) is 2.74. The summed E-state index contributed by atoms with van der Waals surface area (Å²) in [4.78, 5) is 24.3. The van der Waals surface area contributed by atoms with Crippen LogP contribution in [-0.4, -0.2) is 41.5 Å². The topological polar surface area (TPSA) is 69.6 Å². The van der Waals surface area contributed by atoms with E-state index in [0.717, 1.165) is 18.5 Å². The average Bonchev–Trinajstić information content (AvgIpc) is 2.47. The van der Waals surface area contributed by atoms with Crippen LogP contribution in [0.5, 0.6) is 0 Å². The lowest BCUT2D eigenvalue weighted by Crippen LogP contribution is -2.33. The van der Waals surface area contributed by atoms with Crippen LogP contribution in [0.2, 0.25) is 0 Å². The van der Waals surface area contributed by atoms with E-state index < -0.39 is 5.97 Å². The Labute approximate surface area is 125 Å². The molecule has 5 heteroatoms. The zero-order chi connectivity index (χ0) is 15.2. The van der Waals surface area contributed by atoms with Crippen molar-refractivity contribution in [2.45, 2.75) is 38.1 Å². The highest BCUT2D eigenvalue weighted by atomic mass is 16.4. The number of carboxylic acids is 1. The van der Waals surface area contributed by atoms with Crippen LogP contribution < -0.4 is 5.32 Å². The minimum atomic E-state index is -1.01. The van der Waals surface area contributed by atoms with Crippen molar-refractivity contribution >= 4 is 17.6 Å². The number of likely N-dealkylation sites (N-methyl/N-ethyl adjacent to an activating group) is 1. The van der Waals surface area contributed by atoms with Crippen LogP contribution in [0.15, 0.2) is 24.3 Å². The molecule has 1 aliphatic rings. The van der Waals surface area contributed by atoms with Crippen LogP contribution in [0.3, 0.4) is 0 Å². The predicted molar refractivity (Wildman–Crippen MR) is 81.5 cm³/mol. The van der Waals surface area contributed by atoms with Crippen molar-refractivity contribution in [1.82, 2.24) is 4.90 Å². The zero-order valence-electron chi connectivity index (χ0n) is 12.3. The molecule has 114 valence electrons. The van der Waals surface area contributed by atoms with Gasteiger partial charge in [-0.1, -0.05) is 31.4 Å². The summed E-state index contributed by atoms with van der Waals surface area (Å²) in [5.41, 5.74) is 1.33. The minimum absolute atomic E-state index is 0.267. The van der Waals surface area contributed by atoms with Crippen molar-refractivity contribution in [2.24, 2.45) is 0 Å². The molecule has 0 bridgehead atoms. The molecule has 0 atom stereocenters. The van der Waals surface area contributed by atoms with E-state index in [1.807, 2.05) is 12.1 Å². The van der Waals surface area contributed by atoms with Gasteiger partial charge in [0.05, 0.1) is 5.56 Å². The number of anilines is 1. The Hall–Kier alpha value is -2.04. The highest BCUT2D eigenvalue weighted by Crippen LogP contribution is 2.24. The summed E-state index contributed by atoms with van der Waals surface area (Å²) < 4.78 is 0. The van der Waals surface area contributed by atoms with Gasteiger partial charge in [0.1, 0.15) is 6.54 Å². The second-order valence-corrected chi connectivity index (χ2v) is 5.58. The van der Waals surface area contributed by atoms with E-state index in [1.54, 1.807) is 12.1 Å². The first kappa shape index (κ1) is 15.4. The van der Waals surface area contributed by atoms with Crippen molar-refractivity contribution < 1.29 is 14.7 Å². The Balaban J connectivity index is 2.11. The van der Waals surface area contributed by atoms with Crippen LogP contribution in [0.1, 0.15) is 42.5 Å². The molecular weight excluding hydrogens is 268 g/mol. The summed E-state index contributed by atoms with van der Waals surface area (Å²) in [5, 5.41) is 12.2. The lowest BCUT2D eigenvalue weighted by Gasteiger charge is -2.25. The number of hydrogen-bond donors (Lipinski definition) is 2. The maximum Gasteiger partial charge on any atom is 0.323 e. The summed E-state index contributed by atoms with van der Waals surface area (Å²) in [5.74, 6) is -1.28. The standard InChI is InChI=1S/C16H22N2O3/c1-18(11-15(19)20)16(21)13-9-5-6-10-14(13)17-12-7-3-2-4-8-12/h5-6,9-10,12,17H,2-4,7-8,11H2,1H3,(H,19,20). The molecule has 1 fully saturated rings. The van der Waals surface area contributed by atoms with Crippen LogP contribution in [-0.2, 0) is 4.79 Å². The van der Waals surface area contributed by atoms with Gasteiger partial charge in [-0.3, -0.25) is 9.59 Å². The van der Waals surface area contributed by atoms with Crippen LogP contribution >= 0.6 is 0 Å². The summed E-state index contributed by atoms with van der Waals surface area (Å²) in [6.45, 7) is -0.295. The highest BCUT2D eigenvalue weighted by Gasteiger charge is 2.20. The normalized spacial score (nSPS) is 15.5. The molecule has 0 aromatic heterocycles. The van der Waals surface area contributed by atoms with Gasteiger partial charge in [-0.05, 0) is 25.0 Å². The third-order valence-electron chi connectivity index (χ3n) is 3.84. The van der Waals surface area contributed by atoms with Crippen LogP contribution in [0, 0.1) is 0 Å². The number of carboxylic acid groups (broad SMARTS) is 1. The number of para-hydroxylation sites is 1. The highest BCUT2D eigenvalue weighted by molar-refractivity contribution is 6.00. The first-order chi connectivity index (χ1) is 10.1. The van der Waals surface area contributed by atoms with Gasteiger partial charge in [0.2, 0.25) is 0 Å². The molecule has 0 radical (unpaired) electrons. The van der Waals surface area contributed by atoms with Gasteiger partial charge in [0, 0.05) is 18.8 Å². The molecule has 0 aliphatic heterocycles. The maximum absolute atomic E-state index is 12.4. The zero-order valence-corrected chi connectivity index (χ0v) is 12.3. The van der Waals surface area contributed by atoms with Crippen LogP contribution in [0.4, 0.5) is 5.69 Å². The smallest absolute Gasteiger partial charge is 0.323 e. The Morgan fingerprint density at radius 2 is 1.90 bits per heavy atom. The average molecular weight is 290 g/mol. The lowest BCUT2D eigenvalue weighted by molar-refractivity contribution is -0.137. The van der Waals surface area contributed by atoms with Gasteiger partial charge < -0.3 is 15.3 Å². The fraction of sp³-hybridized carbons (Fsp3) is 0.500. The molecule has 5 nitrogen and oxygen atoms in total. The van der Waals surface area contributed by atoms with E-state index in [1.165, 1.54) is 31.2 Å². The number of benzene rings is 1. The molecule has 21 heavy (non-hydrogen) atoms. The van der Waals surface area contributed by atoms with Crippen LogP contribution in [0.25, 0.3) is 0 Å². The fourth-order valence-electron chi connectivity index (χ4n) is 2.74. The number of aliphatic carboxylic acids is 1. The van der Waals surface area contributed by atoms with E-state index in [4.69, 9.17) is 5.11 Å². The number of carbonyl (C=O) groups is 2. The van der Waals surface area contributed by atoms with E-state index in [0.29, 0.717) is 11.6 Å². The molecule has 2 rings (SSSR count). The van der Waals surface area contributed by atoms with Gasteiger partial charge in [-0.2, -0.15) is 0 Å². The first-order valence-corrected chi connectivity index (χ1v) is 7.40. The number of hydrogen-bond acceptors (Lipinski definition) is 3. The predicted octanol–water partition coefficient (Wildman–Crippen LogP) is 2.59. The molecule has 0 unspecified atom stereocenters. The number of nitrogens with one attached hydrogen (secondary N) is 1. The lowest BCUT2D eigenvalue weighted by atomic mass is 9.95. The third kappa shape index (κ3) is 4.21. The quantitative estimate of drug-likeness (QED) is 0.874. The monoisotopic (exact) mass is 290 g/mol. The second kappa shape index (κ2) is 7.11. The second-order valence-electron chi connectivity index (χ2n) is 5.58.